The highest BCUT2D eigenvalue weighted by Gasteiger charge is 2.35. The summed E-state index contributed by atoms with van der Waals surface area (Å²) < 4.78 is 42.4. The van der Waals surface area contributed by atoms with Gasteiger partial charge < -0.3 is 14.5 Å². The molecule has 0 radical (unpaired) electrons. The van der Waals surface area contributed by atoms with E-state index in [1.54, 1.807) is 23.1 Å². The number of carbonyl (C=O) groups is 1. The van der Waals surface area contributed by atoms with E-state index in [1.165, 1.54) is 30.3 Å². The highest BCUT2D eigenvalue weighted by Crippen LogP contribution is 2.26. The molecule has 1 saturated heterocycles. The van der Waals surface area contributed by atoms with E-state index >= 15 is 0 Å². The lowest BCUT2D eigenvalue weighted by molar-refractivity contribution is -0.0499. The number of hydrogen-bond acceptors (Lipinski definition) is 4. The lowest BCUT2D eigenvalue weighted by Gasteiger charge is -2.29. The molecule has 1 aliphatic rings. The van der Waals surface area contributed by atoms with E-state index in [-0.39, 0.29) is 29.2 Å². The van der Waals surface area contributed by atoms with Crippen molar-refractivity contribution in [1.29, 1.82) is 0 Å². The molecule has 1 unspecified atom stereocenters. The molecule has 2 aromatic carbocycles. The van der Waals surface area contributed by atoms with E-state index < -0.39 is 6.61 Å². The van der Waals surface area contributed by atoms with Gasteiger partial charge in [-0.3, -0.25) is 9.69 Å². The predicted molar refractivity (Wildman–Crippen MR) is 95.3 cm³/mol. The van der Waals surface area contributed by atoms with Crippen molar-refractivity contribution in [1.82, 2.24) is 9.80 Å². The monoisotopic (exact) mass is 379 g/mol. The first-order valence-electron chi connectivity index (χ1n) is 8.38. The fourth-order valence-electron chi connectivity index (χ4n) is 3.09. The van der Waals surface area contributed by atoms with Gasteiger partial charge in [-0.2, -0.15) is 8.78 Å². The van der Waals surface area contributed by atoms with Crippen LogP contribution >= 0.6 is 0 Å². The second kappa shape index (κ2) is 7.87. The zero-order valence-electron chi connectivity index (χ0n) is 15.0. The second-order valence-corrected chi connectivity index (χ2v) is 6.47. The highest BCUT2D eigenvalue weighted by molar-refractivity contribution is 5.95. The van der Waals surface area contributed by atoms with Crippen molar-refractivity contribution >= 4 is 11.6 Å². The molecule has 0 saturated carbocycles. The first kappa shape index (κ1) is 19.0. The lowest BCUT2D eigenvalue weighted by Crippen LogP contribution is -2.42. The fourth-order valence-corrected chi connectivity index (χ4v) is 3.09. The number of carbonyl (C=O) groups excluding carboxylic acids is 1. The molecular formula is C19H20F3N3O2. The summed E-state index contributed by atoms with van der Waals surface area (Å²) in [5.41, 5.74) is 1.06. The fraction of sp³-hybridized carbons (Fsp3) is 0.316. The second-order valence-electron chi connectivity index (χ2n) is 6.47. The summed E-state index contributed by atoms with van der Waals surface area (Å²) in [6.07, 6.45) is -0.0973. The Hall–Kier alpha value is -2.74. The maximum atomic E-state index is 13.2. The largest absolute Gasteiger partial charge is 0.435 e. The quantitative estimate of drug-likeness (QED) is 0.799. The summed E-state index contributed by atoms with van der Waals surface area (Å²) in [6, 6.07) is 11.8. The summed E-state index contributed by atoms with van der Waals surface area (Å²) >= 11 is 0. The predicted octanol–water partition coefficient (Wildman–Crippen LogP) is 3.23. The number of benzene rings is 2. The molecular weight excluding hydrogens is 359 g/mol. The number of ether oxygens (including phenoxy) is 1. The van der Waals surface area contributed by atoms with Crippen LogP contribution in [0.25, 0.3) is 0 Å². The van der Waals surface area contributed by atoms with E-state index in [4.69, 9.17) is 0 Å². The van der Waals surface area contributed by atoms with Gasteiger partial charge in [-0.25, -0.2) is 4.39 Å². The van der Waals surface area contributed by atoms with Gasteiger partial charge in [0.25, 0.3) is 5.91 Å². The van der Waals surface area contributed by atoms with Gasteiger partial charge in [0.15, 0.2) is 0 Å². The number of nitrogens with zero attached hydrogens (tertiary/aromatic N) is 3. The van der Waals surface area contributed by atoms with Crippen LogP contribution in [0.3, 0.4) is 0 Å². The summed E-state index contributed by atoms with van der Waals surface area (Å²) in [7, 11) is 3.79. The Kier molecular flexibility index (Phi) is 5.55. The smallest absolute Gasteiger partial charge is 0.387 e. The molecule has 0 bridgehead atoms. The van der Waals surface area contributed by atoms with Gasteiger partial charge in [0.1, 0.15) is 17.7 Å². The van der Waals surface area contributed by atoms with Crippen LogP contribution in [-0.4, -0.2) is 55.8 Å². The molecule has 1 atom stereocenters. The van der Waals surface area contributed by atoms with E-state index in [2.05, 4.69) is 4.74 Å². The normalized spacial score (nSPS) is 17.1. The number of hydrogen-bond donors (Lipinski definition) is 0. The Balaban J connectivity index is 1.81. The maximum Gasteiger partial charge on any atom is 0.387 e. The van der Waals surface area contributed by atoms with E-state index in [0.717, 1.165) is 5.69 Å². The van der Waals surface area contributed by atoms with E-state index in [0.29, 0.717) is 13.2 Å². The molecule has 5 nitrogen and oxygen atoms in total. The number of anilines is 1. The Labute approximate surface area is 155 Å². The molecule has 2 aromatic rings. The van der Waals surface area contributed by atoms with Crippen LogP contribution in [0.2, 0.25) is 0 Å². The third-order valence-electron chi connectivity index (χ3n) is 4.41. The molecule has 1 fully saturated rings. The highest BCUT2D eigenvalue weighted by atomic mass is 19.3. The standard InChI is InChI=1S/C19H20F3N3O2/c1-23(2)17-11-24(12-25(17)15-8-6-14(20)7-9-15)18(26)13-4-3-5-16(10-13)27-19(21)22/h3-10,17,19H,11-12H2,1-2H3. The summed E-state index contributed by atoms with van der Waals surface area (Å²) in [4.78, 5) is 18.4. The van der Waals surface area contributed by atoms with Gasteiger partial charge in [-0.1, -0.05) is 6.07 Å². The third kappa shape index (κ3) is 4.33. The molecule has 0 aromatic heterocycles. The molecule has 1 amide bonds. The number of amides is 1. The molecule has 0 N–H and O–H groups in total. The summed E-state index contributed by atoms with van der Waals surface area (Å²) in [5.74, 6) is -0.677. The van der Waals surface area contributed by atoms with Crippen LogP contribution in [0.5, 0.6) is 5.75 Å². The van der Waals surface area contributed by atoms with E-state index in [9.17, 15) is 18.0 Å². The zero-order chi connectivity index (χ0) is 19.6. The van der Waals surface area contributed by atoms with Gasteiger partial charge in [-0.05, 0) is 56.6 Å². The van der Waals surface area contributed by atoms with Crippen molar-refractivity contribution in [3.8, 4) is 5.75 Å². The number of halogens is 3. The van der Waals surface area contributed by atoms with Gasteiger partial charge in [0, 0.05) is 11.3 Å². The summed E-state index contributed by atoms with van der Waals surface area (Å²) in [5, 5.41) is 0. The van der Waals surface area contributed by atoms with Gasteiger partial charge in [0.2, 0.25) is 0 Å². The molecule has 27 heavy (non-hydrogen) atoms. The van der Waals surface area contributed by atoms with Crippen LogP contribution in [0, 0.1) is 5.82 Å². The lowest BCUT2D eigenvalue weighted by atomic mass is 10.2. The Morgan fingerprint density at radius 2 is 1.89 bits per heavy atom. The number of alkyl halides is 2. The average Bonchev–Trinajstić information content (AvgIpc) is 3.07. The Morgan fingerprint density at radius 3 is 2.52 bits per heavy atom. The van der Waals surface area contributed by atoms with Crippen LogP contribution in [-0.2, 0) is 0 Å². The van der Waals surface area contributed by atoms with Crippen LogP contribution in [0.1, 0.15) is 10.4 Å². The molecule has 3 rings (SSSR count). The van der Waals surface area contributed by atoms with Crippen LogP contribution in [0.4, 0.5) is 18.9 Å². The molecule has 144 valence electrons. The number of rotatable bonds is 5. The van der Waals surface area contributed by atoms with Crippen molar-refractivity contribution < 1.29 is 22.7 Å². The van der Waals surface area contributed by atoms with Crippen LogP contribution < -0.4 is 9.64 Å². The van der Waals surface area contributed by atoms with E-state index in [1.807, 2.05) is 23.9 Å². The first-order valence-corrected chi connectivity index (χ1v) is 8.38. The van der Waals surface area contributed by atoms with Gasteiger partial charge in [0.05, 0.1) is 13.2 Å². The minimum Gasteiger partial charge on any atom is -0.435 e. The molecule has 0 spiro atoms. The SMILES string of the molecule is CN(C)C1CN(C(=O)c2cccc(OC(F)F)c2)CN1c1ccc(F)cc1. The Bertz CT molecular complexity index is 799. The molecule has 1 aliphatic heterocycles. The number of likely N-dealkylation sites (N-methyl/N-ethyl adjacent to an activating group) is 1. The Morgan fingerprint density at radius 1 is 1.19 bits per heavy atom. The summed E-state index contributed by atoms with van der Waals surface area (Å²) in [6.45, 7) is -2.23. The zero-order valence-corrected chi connectivity index (χ0v) is 15.0. The molecule has 1 heterocycles. The van der Waals surface area contributed by atoms with Gasteiger partial charge in [-0.15, -0.1) is 0 Å². The topological polar surface area (TPSA) is 36.0 Å². The average molecular weight is 379 g/mol. The van der Waals surface area contributed by atoms with Crippen molar-refractivity contribution in [3.63, 3.8) is 0 Å². The van der Waals surface area contributed by atoms with Crippen LogP contribution in [0.15, 0.2) is 48.5 Å². The van der Waals surface area contributed by atoms with Crippen molar-refractivity contribution in [2.24, 2.45) is 0 Å². The molecule has 8 heteroatoms. The maximum absolute atomic E-state index is 13.2. The van der Waals surface area contributed by atoms with Crippen molar-refractivity contribution in [3.05, 3.63) is 59.9 Å². The van der Waals surface area contributed by atoms with Gasteiger partial charge >= 0.3 is 6.61 Å². The third-order valence-corrected chi connectivity index (χ3v) is 4.41. The minimum absolute atomic E-state index is 0.0606. The molecule has 0 aliphatic carbocycles. The minimum atomic E-state index is -2.95. The van der Waals surface area contributed by atoms with Crippen molar-refractivity contribution in [2.75, 3.05) is 32.2 Å². The first-order chi connectivity index (χ1) is 12.8. The van der Waals surface area contributed by atoms with Crippen molar-refractivity contribution in [2.45, 2.75) is 12.8 Å².